The molecule has 0 radical (unpaired) electrons. The second-order valence-electron chi connectivity index (χ2n) is 5.69. The number of halogens is 2. The molecule has 2 rings (SSSR count). The molecule has 1 aromatic rings. The van der Waals surface area contributed by atoms with Gasteiger partial charge in [0.15, 0.2) is 0 Å². The summed E-state index contributed by atoms with van der Waals surface area (Å²) in [6.07, 6.45) is 2.46. The molecule has 0 bridgehead atoms. The topological polar surface area (TPSA) is 3.24 Å². The predicted octanol–water partition coefficient (Wildman–Crippen LogP) is 4.21. The molecular weight excluding hydrogens is 281 g/mol. The SMILES string of the molecule is CC1(C)CCN(Cc2ccc(Br)c(F)c2)CC1. The smallest absolute Gasteiger partial charge is 0.137 e. The van der Waals surface area contributed by atoms with Gasteiger partial charge in [-0.25, -0.2) is 4.39 Å². The molecule has 1 fully saturated rings. The Balaban J connectivity index is 1.95. The maximum atomic E-state index is 13.4. The highest BCUT2D eigenvalue weighted by atomic mass is 79.9. The summed E-state index contributed by atoms with van der Waals surface area (Å²) >= 11 is 3.18. The lowest BCUT2D eigenvalue weighted by molar-refractivity contribution is 0.127. The van der Waals surface area contributed by atoms with E-state index >= 15 is 0 Å². The molecule has 3 heteroatoms. The minimum absolute atomic E-state index is 0.167. The maximum Gasteiger partial charge on any atom is 0.137 e. The molecule has 1 nitrogen and oxygen atoms in total. The quantitative estimate of drug-likeness (QED) is 0.791. The van der Waals surface area contributed by atoms with E-state index in [4.69, 9.17) is 0 Å². The van der Waals surface area contributed by atoms with Gasteiger partial charge in [0.1, 0.15) is 5.82 Å². The van der Waals surface area contributed by atoms with Crippen LogP contribution in [0.1, 0.15) is 32.3 Å². The molecule has 1 aliphatic rings. The van der Waals surface area contributed by atoms with Crippen molar-refractivity contribution in [2.24, 2.45) is 5.41 Å². The average molecular weight is 300 g/mol. The van der Waals surface area contributed by atoms with Gasteiger partial charge in [-0.1, -0.05) is 19.9 Å². The largest absolute Gasteiger partial charge is 0.299 e. The molecule has 1 saturated heterocycles. The predicted molar refractivity (Wildman–Crippen MR) is 72.4 cm³/mol. The van der Waals surface area contributed by atoms with Crippen molar-refractivity contribution in [1.82, 2.24) is 4.90 Å². The number of rotatable bonds is 2. The lowest BCUT2D eigenvalue weighted by Crippen LogP contribution is -2.36. The molecule has 17 heavy (non-hydrogen) atoms. The first-order chi connectivity index (χ1) is 7.96. The number of nitrogens with zero attached hydrogens (tertiary/aromatic N) is 1. The standard InChI is InChI=1S/C14H19BrFN/c1-14(2)5-7-17(8-6-14)10-11-3-4-12(15)13(16)9-11/h3-4,9H,5-8,10H2,1-2H3. The second kappa shape index (κ2) is 5.07. The van der Waals surface area contributed by atoms with Gasteiger partial charge in [0.05, 0.1) is 4.47 Å². The first-order valence-corrected chi connectivity index (χ1v) is 6.92. The molecule has 1 aliphatic heterocycles. The Labute approximate surface area is 111 Å². The summed E-state index contributed by atoms with van der Waals surface area (Å²) < 4.78 is 13.9. The van der Waals surface area contributed by atoms with Crippen LogP contribution in [-0.4, -0.2) is 18.0 Å². The molecule has 0 unspecified atom stereocenters. The van der Waals surface area contributed by atoms with E-state index < -0.39 is 0 Å². The number of hydrogen-bond donors (Lipinski definition) is 0. The molecule has 1 heterocycles. The van der Waals surface area contributed by atoms with Crippen molar-refractivity contribution in [3.63, 3.8) is 0 Å². The summed E-state index contributed by atoms with van der Waals surface area (Å²) in [5, 5.41) is 0. The Morgan fingerprint density at radius 2 is 1.94 bits per heavy atom. The third kappa shape index (κ3) is 3.52. The molecule has 0 aromatic heterocycles. The highest BCUT2D eigenvalue weighted by molar-refractivity contribution is 9.10. The maximum absolute atomic E-state index is 13.4. The first kappa shape index (κ1) is 13.0. The minimum atomic E-state index is -0.167. The van der Waals surface area contributed by atoms with Crippen LogP contribution in [0.5, 0.6) is 0 Å². The van der Waals surface area contributed by atoms with Crippen LogP contribution < -0.4 is 0 Å². The molecule has 94 valence electrons. The number of hydrogen-bond acceptors (Lipinski definition) is 1. The first-order valence-electron chi connectivity index (χ1n) is 6.13. The van der Waals surface area contributed by atoms with Crippen molar-refractivity contribution in [3.8, 4) is 0 Å². The summed E-state index contributed by atoms with van der Waals surface area (Å²) in [6.45, 7) is 7.74. The van der Waals surface area contributed by atoms with Gasteiger partial charge < -0.3 is 0 Å². The summed E-state index contributed by atoms with van der Waals surface area (Å²) in [7, 11) is 0. The molecule has 1 aromatic carbocycles. The third-order valence-corrected chi connectivity index (χ3v) is 4.24. The van der Waals surface area contributed by atoms with Gasteiger partial charge in [0.25, 0.3) is 0 Å². The van der Waals surface area contributed by atoms with E-state index in [0.717, 1.165) is 25.2 Å². The van der Waals surface area contributed by atoms with Crippen LogP contribution in [0, 0.1) is 11.2 Å². The van der Waals surface area contributed by atoms with Gasteiger partial charge in [-0.2, -0.15) is 0 Å². The van der Waals surface area contributed by atoms with Crippen LogP contribution in [0.25, 0.3) is 0 Å². The van der Waals surface area contributed by atoms with Crippen LogP contribution in [0.3, 0.4) is 0 Å². The van der Waals surface area contributed by atoms with Crippen LogP contribution >= 0.6 is 15.9 Å². The van der Waals surface area contributed by atoms with Crippen molar-refractivity contribution in [2.45, 2.75) is 33.2 Å². The zero-order valence-electron chi connectivity index (χ0n) is 10.5. The zero-order valence-corrected chi connectivity index (χ0v) is 12.1. The van der Waals surface area contributed by atoms with Crippen LogP contribution in [0.15, 0.2) is 22.7 Å². The van der Waals surface area contributed by atoms with Gasteiger partial charge in [-0.15, -0.1) is 0 Å². The lowest BCUT2D eigenvalue weighted by atomic mass is 9.82. The van der Waals surface area contributed by atoms with E-state index in [1.807, 2.05) is 6.07 Å². The minimum Gasteiger partial charge on any atom is -0.299 e. The molecular formula is C14H19BrFN. The Morgan fingerprint density at radius 3 is 2.53 bits per heavy atom. The van der Waals surface area contributed by atoms with Gasteiger partial charge in [-0.3, -0.25) is 4.90 Å². The molecule has 0 atom stereocenters. The van der Waals surface area contributed by atoms with E-state index in [9.17, 15) is 4.39 Å². The molecule has 0 amide bonds. The van der Waals surface area contributed by atoms with Crippen LogP contribution in [0.2, 0.25) is 0 Å². The third-order valence-electron chi connectivity index (χ3n) is 3.60. The molecule has 0 aliphatic carbocycles. The fraction of sp³-hybridized carbons (Fsp3) is 0.571. The number of piperidine rings is 1. The van der Waals surface area contributed by atoms with Crippen molar-refractivity contribution >= 4 is 15.9 Å². The summed E-state index contributed by atoms with van der Waals surface area (Å²) in [5.74, 6) is -0.167. The molecule has 0 spiro atoms. The number of benzene rings is 1. The molecule has 0 saturated carbocycles. The molecule has 0 N–H and O–H groups in total. The van der Waals surface area contributed by atoms with Crippen LogP contribution in [0.4, 0.5) is 4.39 Å². The summed E-state index contributed by atoms with van der Waals surface area (Å²) in [6, 6.07) is 5.41. The fourth-order valence-electron chi connectivity index (χ4n) is 2.21. The fourth-order valence-corrected chi connectivity index (χ4v) is 2.46. The Bertz CT molecular complexity index is 393. The van der Waals surface area contributed by atoms with Crippen molar-refractivity contribution in [3.05, 3.63) is 34.1 Å². The Hall–Kier alpha value is -0.410. The monoisotopic (exact) mass is 299 g/mol. The lowest BCUT2D eigenvalue weighted by Gasteiger charge is -2.36. The van der Waals surface area contributed by atoms with E-state index in [-0.39, 0.29) is 5.82 Å². The van der Waals surface area contributed by atoms with Gasteiger partial charge in [0.2, 0.25) is 0 Å². The average Bonchev–Trinajstić information content (AvgIpc) is 2.27. The normalized spacial score (nSPS) is 20.5. The second-order valence-corrected chi connectivity index (χ2v) is 6.54. The van der Waals surface area contributed by atoms with E-state index in [0.29, 0.717) is 9.89 Å². The van der Waals surface area contributed by atoms with Gasteiger partial charge >= 0.3 is 0 Å². The summed E-state index contributed by atoms with van der Waals surface area (Å²) in [4.78, 5) is 2.41. The zero-order chi connectivity index (χ0) is 12.5. The van der Waals surface area contributed by atoms with Crippen molar-refractivity contribution in [2.75, 3.05) is 13.1 Å². The highest BCUT2D eigenvalue weighted by Gasteiger charge is 2.25. The van der Waals surface area contributed by atoms with Gasteiger partial charge in [0, 0.05) is 6.54 Å². The van der Waals surface area contributed by atoms with Crippen molar-refractivity contribution in [1.29, 1.82) is 0 Å². The van der Waals surface area contributed by atoms with Crippen molar-refractivity contribution < 1.29 is 4.39 Å². The van der Waals surface area contributed by atoms with E-state index in [2.05, 4.69) is 34.7 Å². The highest BCUT2D eigenvalue weighted by Crippen LogP contribution is 2.30. The van der Waals surface area contributed by atoms with Gasteiger partial charge in [-0.05, 0) is 65.0 Å². The Kier molecular flexibility index (Phi) is 3.88. The van der Waals surface area contributed by atoms with E-state index in [1.165, 1.54) is 12.8 Å². The summed E-state index contributed by atoms with van der Waals surface area (Å²) in [5.41, 5.74) is 1.53. The number of likely N-dealkylation sites (tertiary alicyclic amines) is 1. The van der Waals surface area contributed by atoms with Crippen LogP contribution in [-0.2, 0) is 6.54 Å². The van der Waals surface area contributed by atoms with E-state index in [1.54, 1.807) is 12.1 Å². The Morgan fingerprint density at radius 1 is 1.29 bits per heavy atom.